The van der Waals surface area contributed by atoms with Crippen LogP contribution in [0.4, 0.5) is 11.5 Å². The third-order valence-corrected chi connectivity index (χ3v) is 5.65. The van der Waals surface area contributed by atoms with Gasteiger partial charge in [-0.15, -0.1) is 0 Å². The first kappa shape index (κ1) is 17.0. The Morgan fingerprint density at radius 1 is 1.36 bits per heavy atom. The molecule has 0 unspecified atom stereocenters. The molecule has 4 heterocycles. The van der Waals surface area contributed by atoms with Crippen molar-refractivity contribution in [3.63, 3.8) is 0 Å². The number of ether oxygens (including phenoxy) is 2. The fraction of sp³-hybridized carbons (Fsp3) is 0.350. The van der Waals surface area contributed by atoms with Gasteiger partial charge in [0.25, 0.3) is 0 Å². The molecule has 1 aromatic heterocycles. The summed E-state index contributed by atoms with van der Waals surface area (Å²) in [7, 11) is 1.58. The van der Waals surface area contributed by atoms with Crippen molar-refractivity contribution in [2.45, 2.75) is 18.6 Å². The van der Waals surface area contributed by atoms with Crippen LogP contribution in [-0.2, 0) is 14.3 Å². The smallest absolute Gasteiger partial charge is 0.235 e. The first-order valence-corrected chi connectivity index (χ1v) is 9.07. The van der Waals surface area contributed by atoms with Crippen LogP contribution in [0.25, 0.3) is 0 Å². The molecule has 144 valence electrons. The van der Waals surface area contributed by atoms with Crippen molar-refractivity contribution in [3.8, 4) is 5.75 Å². The number of rotatable bonds is 4. The molecule has 28 heavy (non-hydrogen) atoms. The maximum absolute atomic E-state index is 13.2. The predicted molar refractivity (Wildman–Crippen MR) is 98.9 cm³/mol. The summed E-state index contributed by atoms with van der Waals surface area (Å²) in [6.07, 6.45) is 3.37. The van der Waals surface area contributed by atoms with Crippen molar-refractivity contribution >= 4 is 23.3 Å². The van der Waals surface area contributed by atoms with Gasteiger partial charge in [0.2, 0.25) is 11.8 Å². The zero-order valence-corrected chi connectivity index (χ0v) is 15.4. The Hall–Kier alpha value is -3.13. The molecule has 3 aliphatic heterocycles. The number of benzene rings is 1. The van der Waals surface area contributed by atoms with E-state index in [0.717, 1.165) is 0 Å². The lowest BCUT2D eigenvalue weighted by Gasteiger charge is -2.23. The van der Waals surface area contributed by atoms with Gasteiger partial charge in [-0.2, -0.15) is 0 Å². The Balaban J connectivity index is 1.41. The van der Waals surface area contributed by atoms with Gasteiger partial charge < -0.3 is 19.3 Å². The Morgan fingerprint density at radius 2 is 2.14 bits per heavy atom. The van der Waals surface area contributed by atoms with Crippen molar-refractivity contribution in [3.05, 3.63) is 48.2 Å². The van der Waals surface area contributed by atoms with Crippen LogP contribution < -0.4 is 15.0 Å². The number of fused-ring (bicyclic) bond motifs is 1. The number of nitrogens with one attached hydrogen (secondary N) is 1. The number of nitrogens with zero attached hydrogens (tertiary/aromatic N) is 2. The maximum Gasteiger partial charge on any atom is 0.235 e. The topological polar surface area (TPSA) is 93.9 Å². The van der Waals surface area contributed by atoms with Crippen LogP contribution in [0.2, 0.25) is 0 Å². The molecule has 1 aromatic carbocycles. The van der Waals surface area contributed by atoms with Crippen molar-refractivity contribution in [2.24, 2.45) is 11.8 Å². The van der Waals surface area contributed by atoms with Crippen LogP contribution in [0.1, 0.15) is 5.76 Å². The number of hydrogen-bond donors (Lipinski definition) is 1. The molecule has 2 fully saturated rings. The molecular weight excluding hydrogens is 362 g/mol. The van der Waals surface area contributed by atoms with Crippen LogP contribution >= 0.6 is 0 Å². The zero-order valence-electron chi connectivity index (χ0n) is 15.4. The van der Waals surface area contributed by atoms with Crippen molar-refractivity contribution < 1.29 is 23.6 Å². The SMILES string of the molecule is COc1ccc(NC(=O)[C@H]2[C@H]3C(=O)N(c4cc(C)on4)C[C@]34C=C[C@H]2O4)cc1. The number of carbonyl (C=O) groups is 2. The normalized spacial score (nSPS) is 30.0. The molecule has 4 atom stereocenters. The van der Waals surface area contributed by atoms with Crippen LogP contribution in [0.3, 0.4) is 0 Å². The highest BCUT2D eigenvalue weighted by Gasteiger charge is 2.67. The lowest BCUT2D eigenvalue weighted by molar-refractivity contribution is -0.128. The summed E-state index contributed by atoms with van der Waals surface area (Å²) >= 11 is 0. The van der Waals surface area contributed by atoms with Gasteiger partial charge in [0.15, 0.2) is 5.82 Å². The van der Waals surface area contributed by atoms with Gasteiger partial charge in [-0.05, 0) is 31.2 Å². The van der Waals surface area contributed by atoms with E-state index in [-0.39, 0.29) is 11.8 Å². The molecule has 1 spiro atoms. The zero-order chi connectivity index (χ0) is 19.5. The molecule has 8 heteroatoms. The highest BCUT2D eigenvalue weighted by molar-refractivity contribution is 6.05. The van der Waals surface area contributed by atoms with E-state index in [2.05, 4.69) is 10.5 Å². The minimum Gasteiger partial charge on any atom is -0.497 e. The molecule has 0 saturated carbocycles. The summed E-state index contributed by atoms with van der Waals surface area (Å²) in [6.45, 7) is 2.09. The Morgan fingerprint density at radius 3 is 2.82 bits per heavy atom. The Kier molecular flexibility index (Phi) is 3.60. The van der Waals surface area contributed by atoms with E-state index in [1.54, 1.807) is 49.3 Å². The monoisotopic (exact) mass is 381 g/mol. The number of methoxy groups -OCH3 is 1. The second-order valence-electron chi connectivity index (χ2n) is 7.34. The largest absolute Gasteiger partial charge is 0.497 e. The number of aryl methyl sites for hydroxylation is 1. The van der Waals surface area contributed by atoms with E-state index in [1.807, 2.05) is 12.2 Å². The number of carbonyl (C=O) groups excluding carboxylic acids is 2. The van der Waals surface area contributed by atoms with E-state index >= 15 is 0 Å². The average Bonchev–Trinajstić information content (AvgIpc) is 3.43. The van der Waals surface area contributed by atoms with Gasteiger partial charge in [0, 0.05) is 11.8 Å². The summed E-state index contributed by atoms with van der Waals surface area (Å²) in [6, 6.07) is 8.76. The lowest BCUT2D eigenvalue weighted by Crippen LogP contribution is -2.41. The van der Waals surface area contributed by atoms with Crippen LogP contribution in [0, 0.1) is 18.8 Å². The fourth-order valence-corrected chi connectivity index (χ4v) is 4.37. The third-order valence-electron chi connectivity index (χ3n) is 5.65. The van der Waals surface area contributed by atoms with E-state index in [9.17, 15) is 9.59 Å². The van der Waals surface area contributed by atoms with Crippen molar-refractivity contribution in [2.75, 3.05) is 23.9 Å². The summed E-state index contributed by atoms with van der Waals surface area (Å²) in [5.74, 6) is 0.170. The molecule has 0 aliphatic carbocycles. The van der Waals surface area contributed by atoms with Gasteiger partial charge in [-0.1, -0.05) is 17.3 Å². The van der Waals surface area contributed by atoms with Crippen LogP contribution in [-0.4, -0.2) is 42.3 Å². The first-order chi connectivity index (χ1) is 13.5. The Bertz CT molecular complexity index is 982. The quantitative estimate of drug-likeness (QED) is 0.814. The second-order valence-corrected chi connectivity index (χ2v) is 7.34. The fourth-order valence-electron chi connectivity index (χ4n) is 4.37. The molecule has 3 aliphatic rings. The number of aromatic nitrogens is 1. The average molecular weight is 381 g/mol. The minimum atomic E-state index is -0.795. The number of hydrogen-bond acceptors (Lipinski definition) is 6. The Labute approximate surface area is 161 Å². The summed E-state index contributed by atoms with van der Waals surface area (Å²) in [5.41, 5.74) is -0.155. The van der Waals surface area contributed by atoms with Crippen molar-refractivity contribution in [1.29, 1.82) is 0 Å². The van der Waals surface area contributed by atoms with Crippen LogP contribution in [0.5, 0.6) is 5.75 Å². The van der Waals surface area contributed by atoms with E-state index < -0.39 is 23.5 Å². The van der Waals surface area contributed by atoms with Gasteiger partial charge in [0.1, 0.15) is 17.1 Å². The summed E-state index contributed by atoms with van der Waals surface area (Å²) in [5, 5.41) is 6.84. The van der Waals surface area contributed by atoms with E-state index in [4.69, 9.17) is 14.0 Å². The van der Waals surface area contributed by atoms with Gasteiger partial charge in [-0.3, -0.25) is 14.5 Å². The molecule has 8 nitrogen and oxygen atoms in total. The maximum atomic E-state index is 13.2. The molecule has 2 bridgehead atoms. The van der Waals surface area contributed by atoms with Crippen LogP contribution in [0.15, 0.2) is 47.0 Å². The summed E-state index contributed by atoms with van der Waals surface area (Å²) in [4.78, 5) is 27.7. The highest BCUT2D eigenvalue weighted by Crippen LogP contribution is 2.52. The molecule has 2 saturated heterocycles. The number of amides is 2. The molecular formula is C20H19N3O5. The van der Waals surface area contributed by atoms with Gasteiger partial charge in [0.05, 0.1) is 31.6 Å². The lowest BCUT2D eigenvalue weighted by atomic mass is 9.77. The van der Waals surface area contributed by atoms with Gasteiger partial charge in [-0.25, -0.2) is 0 Å². The van der Waals surface area contributed by atoms with E-state index in [1.165, 1.54) is 0 Å². The molecule has 2 aromatic rings. The van der Waals surface area contributed by atoms with E-state index in [0.29, 0.717) is 29.6 Å². The molecule has 0 radical (unpaired) electrons. The highest BCUT2D eigenvalue weighted by atomic mass is 16.5. The second kappa shape index (κ2) is 5.93. The summed E-state index contributed by atoms with van der Waals surface area (Å²) < 4.78 is 16.3. The number of anilines is 2. The predicted octanol–water partition coefficient (Wildman–Crippen LogP) is 1.92. The standard InChI is InChI=1S/C20H19N3O5/c1-11-9-15(22-28-11)23-10-20-8-7-14(27-20)16(17(20)19(23)25)18(24)21-12-3-5-13(26-2)6-4-12/h3-9,14,16-17H,10H2,1-2H3,(H,21,24)/t14-,16-,17+,20-/m1/s1. The third kappa shape index (κ3) is 2.37. The molecule has 5 rings (SSSR count). The molecule has 1 N–H and O–H groups in total. The van der Waals surface area contributed by atoms with Crippen molar-refractivity contribution in [1.82, 2.24) is 5.16 Å². The molecule has 2 amide bonds. The minimum absolute atomic E-state index is 0.171. The first-order valence-electron chi connectivity index (χ1n) is 9.07. The van der Waals surface area contributed by atoms with Gasteiger partial charge >= 0.3 is 0 Å².